The zero-order valence-corrected chi connectivity index (χ0v) is 33.3. The summed E-state index contributed by atoms with van der Waals surface area (Å²) in [4.78, 5) is 16.0. The fourth-order valence-electron chi connectivity index (χ4n) is 9.45. The molecule has 13 aromatic rings. The van der Waals surface area contributed by atoms with Crippen molar-refractivity contribution in [1.29, 1.82) is 0 Å². The normalized spacial score (nSPS) is 11.9. The molecule has 3 heterocycles. The highest BCUT2D eigenvalue weighted by Gasteiger charge is 2.23. The molecule has 0 amide bonds. The Balaban J connectivity index is 1.12. The first-order valence-electron chi connectivity index (χ1n) is 20.9. The molecule has 5 nitrogen and oxygen atoms in total. The summed E-state index contributed by atoms with van der Waals surface area (Å²) in [6, 6.07) is 72.8. The predicted octanol–water partition coefficient (Wildman–Crippen LogP) is 15.0. The Morgan fingerprint density at radius 2 is 0.935 bits per heavy atom. The van der Waals surface area contributed by atoms with Crippen LogP contribution in [0.5, 0.6) is 0 Å². The maximum Gasteiger partial charge on any atom is 0.164 e. The molecular formula is C57H34N4O. The summed E-state index contributed by atoms with van der Waals surface area (Å²) < 4.78 is 9.16. The van der Waals surface area contributed by atoms with Gasteiger partial charge in [-0.2, -0.15) is 0 Å². The molecule has 0 aliphatic heterocycles. The fourth-order valence-corrected chi connectivity index (χ4v) is 9.45. The molecule has 3 aromatic heterocycles. The molecule has 0 unspecified atom stereocenters. The molecule has 0 spiro atoms. The first-order valence-corrected chi connectivity index (χ1v) is 20.9. The summed E-state index contributed by atoms with van der Waals surface area (Å²) in [5.74, 6) is 1.76. The summed E-state index contributed by atoms with van der Waals surface area (Å²) in [6.45, 7) is 0. The van der Waals surface area contributed by atoms with E-state index in [0.29, 0.717) is 17.5 Å². The Kier molecular flexibility index (Phi) is 7.54. The molecule has 10 aromatic carbocycles. The van der Waals surface area contributed by atoms with Crippen LogP contribution in [0.3, 0.4) is 0 Å². The second kappa shape index (κ2) is 13.6. The summed E-state index contributed by atoms with van der Waals surface area (Å²) in [5.41, 5.74) is 9.65. The zero-order valence-electron chi connectivity index (χ0n) is 33.3. The molecule has 62 heavy (non-hydrogen) atoms. The van der Waals surface area contributed by atoms with Gasteiger partial charge >= 0.3 is 0 Å². The van der Waals surface area contributed by atoms with Crippen molar-refractivity contribution >= 4 is 76.1 Å². The van der Waals surface area contributed by atoms with E-state index in [1.54, 1.807) is 0 Å². The van der Waals surface area contributed by atoms with Crippen molar-refractivity contribution in [2.75, 3.05) is 0 Å². The first-order chi connectivity index (χ1) is 30.7. The van der Waals surface area contributed by atoms with Gasteiger partial charge in [0.15, 0.2) is 17.5 Å². The SMILES string of the molecule is c1ccc(-c2cccc(-c3nc(-c4ccc5ccccc5c4)nc(-c4cc(-n5c6cc7ccccc7cc6c6c7ccccc7ccc65)cc5oc6ccccc6c45)n3)c2)cc1. The maximum atomic E-state index is 6.78. The van der Waals surface area contributed by atoms with Gasteiger partial charge in [-0.05, 0) is 85.9 Å². The number of rotatable bonds is 5. The largest absolute Gasteiger partial charge is 0.456 e. The Morgan fingerprint density at radius 3 is 1.76 bits per heavy atom. The van der Waals surface area contributed by atoms with Gasteiger partial charge in [0, 0.05) is 44.3 Å². The molecule has 0 radical (unpaired) electrons. The lowest BCUT2D eigenvalue weighted by molar-refractivity contribution is 0.668. The monoisotopic (exact) mass is 790 g/mol. The molecule has 288 valence electrons. The number of nitrogens with zero attached hydrogens (tertiary/aromatic N) is 4. The smallest absolute Gasteiger partial charge is 0.164 e. The first kappa shape index (κ1) is 34.5. The minimum absolute atomic E-state index is 0.568. The van der Waals surface area contributed by atoms with E-state index in [4.69, 9.17) is 19.4 Å². The van der Waals surface area contributed by atoms with Crippen LogP contribution in [0.1, 0.15) is 0 Å². The van der Waals surface area contributed by atoms with E-state index >= 15 is 0 Å². The second-order valence-electron chi connectivity index (χ2n) is 16.0. The maximum absolute atomic E-state index is 6.78. The van der Waals surface area contributed by atoms with Gasteiger partial charge in [-0.15, -0.1) is 0 Å². The van der Waals surface area contributed by atoms with E-state index in [0.717, 1.165) is 77.2 Å². The van der Waals surface area contributed by atoms with Crippen LogP contribution >= 0.6 is 0 Å². The highest BCUT2D eigenvalue weighted by atomic mass is 16.3. The highest BCUT2D eigenvalue weighted by molar-refractivity contribution is 6.23. The Bertz CT molecular complexity index is 3940. The number of benzene rings is 10. The van der Waals surface area contributed by atoms with Crippen LogP contribution in [0.2, 0.25) is 0 Å². The third kappa shape index (κ3) is 5.45. The number of hydrogen-bond acceptors (Lipinski definition) is 4. The Hall–Kier alpha value is -8.41. The van der Waals surface area contributed by atoms with Crippen LogP contribution in [0.4, 0.5) is 0 Å². The van der Waals surface area contributed by atoms with E-state index in [9.17, 15) is 0 Å². The van der Waals surface area contributed by atoms with Crippen molar-refractivity contribution < 1.29 is 4.42 Å². The average molecular weight is 791 g/mol. The van der Waals surface area contributed by atoms with Crippen LogP contribution in [-0.4, -0.2) is 19.5 Å². The number of para-hydroxylation sites is 1. The molecular weight excluding hydrogens is 757 g/mol. The third-order valence-electron chi connectivity index (χ3n) is 12.4. The third-order valence-corrected chi connectivity index (χ3v) is 12.4. The highest BCUT2D eigenvalue weighted by Crippen LogP contribution is 2.43. The average Bonchev–Trinajstić information content (AvgIpc) is 3.88. The molecule has 0 aliphatic rings. The lowest BCUT2D eigenvalue weighted by Crippen LogP contribution is -2.02. The van der Waals surface area contributed by atoms with Gasteiger partial charge < -0.3 is 8.98 Å². The van der Waals surface area contributed by atoms with Crippen LogP contribution in [0, 0.1) is 0 Å². The van der Waals surface area contributed by atoms with Crippen molar-refractivity contribution in [3.8, 4) is 51.0 Å². The van der Waals surface area contributed by atoms with Crippen molar-refractivity contribution in [3.05, 3.63) is 206 Å². The molecule has 0 aliphatic carbocycles. The van der Waals surface area contributed by atoms with E-state index in [2.05, 4.69) is 193 Å². The van der Waals surface area contributed by atoms with E-state index in [1.165, 1.54) is 32.3 Å². The van der Waals surface area contributed by atoms with Gasteiger partial charge in [0.2, 0.25) is 0 Å². The summed E-state index contributed by atoms with van der Waals surface area (Å²) in [7, 11) is 0. The number of furan rings is 1. The van der Waals surface area contributed by atoms with Crippen LogP contribution in [-0.2, 0) is 0 Å². The minimum atomic E-state index is 0.568. The topological polar surface area (TPSA) is 56.7 Å². The van der Waals surface area contributed by atoms with Gasteiger partial charge in [-0.1, -0.05) is 158 Å². The molecule has 0 atom stereocenters. The lowest BCUT2D eigenvalue weighted by atomic mass is 10.0. The van der Waals surface area contributed by atoms with Crippen molar-refractivity contribution in [2.45, 2.75) is 0 Å². The van der Waals surface area contributed by atoms with Crippen LogP contribution < -0.4 is 0 Å². The van der Waals surface area contributed by atoms with E-state index in [-0.39, 0.29) is 0 Å². The summed E-state index contributed by atoms with van der Waals surface area (Å²) in [6.07, 6.45) is 0. The number of fused-ring (bicyclic) bond motifs is 10. The van der Waals surface area contributed by atoms with Gasteiger partial charge in [0.25, 0.3) is 0 Å². The lowest BCUT2D eigenvalue weighted by Gasteiger charge is -2.14. The Labute approximate surface area is 355 Å². The molecule has 13 rings (SSSR count). The molecule has 0 saturated heterocycles. The second-order valence-corrected chi connectivity index (χ2v) is 16.0. The summed E-state index contributed by atoms with van der Waals surface area (Å²) in [5, 5.41) is 11.5. The van der Waals surface area contributed by atoms with Crippen molar-refractivity contribution in [2.24, 2.45) is 0 Å². The predicted molar refractivity (Wildman–Crippen MR) is 256 cm³/mol. The quantitative estimate of drug-likeness (QED) is 0.174. The number of hydrogen-bond donors (Lipinski definition) is 0. The van der Waals surface area contributed by atoms with Crippen molar-refractivity contribution in [3.63, 3.8) is 0 Å². The minimum Gasteiger partial charge on any atom is -0.456 e. The fraction of sp³-hybridized carbons (Fsp3) is 0. The van der Waals surface area contributed by atoms with E-state index < -0.39 is 0 Å². The van der Waals surface area contributed by atoms with Gasteiger partial charge in [0.1, 0.15) is 11.2 Å². The van der Waals surface area contributed by atoms with E-state index in [1.807, 2.05) is 18.2 Å². The van der Waals surface area contributed by atoms with Gasteiger partial charge in [0.05, 0.1) is 16.7 Å². The van der Waals surface area contributed by atoms with Crippen LogP contribution in [0.15, 0.2) is 211 Å². The van der Waals surface area contributed by atoms with Crippen LogP contribution in [0.25, 0.3) is 127 Å². The van der Waals surface area contributed by atoms with Gasteiger partial charge in [-0.25, -0.2) is 15.0 Å². The number of aromatic nitrogens is 4. The standard InChI is InChI=1S/C57H34N4O/c1-2-13-35(14-3-1)39-20-12-21-42(29-39)55-58-56(43-26-25-36-15-4-5-17-38(36)30-43)60-57(59-55)48-33-44(34-52-54(48)46-23-10-11-24-51(46)62-52)61-49-28-27-37-16-8-9-22-45(37)53(49)47-31-40-18-6-7-19-41(40)32-50(47)61/h1-34H. The Morgan fingerprint density at radius 1 is 0.323 bits per heavy atom. The summed E-state index contributed by atoms with van der Waals surface area (Å²) >= 11 is 0. The molecule has 0 N–H and O–H groups in total. The molecule has 5 heteroatoms. The zero-order chi connectivity index (χ0) is 40.7. The molecule has 0 fully saturated rings. The molecule has 0 saturated carbocycles. The van der Waals surface area contributed by atoms with Crippen molar-refractivity contribution in [1.82, 2.24) is 19.5 Å². The molecule has 0 bridgehead atoms. The van der Waals surface area contributed by atoms with Gasteiger partial charge in [-0.3, -0.25) is 0 Å².